The van der Waals surface area contributed by atoms with E-state index >= 15 is 0 Å². The summed E-state index contributed by atoms with van der Waals surface area (Å²) in [5, 5.41) is 2.70. The summed E-state index contributed by atoms with van der Waals surface area (Å²) in [6, 6.07) is 0. The maximum atomic E-state index is 12.4. The maximum Gasteiger partial charge on any atom is 0.262 e. The van der Waals surface area contributed by atoms with Crippen LogP contribution < -0.4 is 5.56 Å². The molecule has 3 heterocycles. The van der Waals surface area contributed by atoms with Gasteiger partial charge in [-0.25, -0.2) is 9.97 Å². The topological polar surface area (TPSA) is 47.8 Å². The quantitative estimate of drug-likeness (QED) is 0.708. The van der Waals surface area contributed by atoms with Gasteiger partial charge in [0.2, 0.25) is 0 Å². The maximum absolute atomic E-state index is 12.4. The third-order valence-electron chi connectivity index (χ3n) is 2.93. The summed E-state index contributed by atoms with van der Waals surface area (Å²) < 4.78 is 2.49. The van der Waals surface area contributed by atoms with E-state index in [0.29, 0.717) is 6.54 Å². The molecule has 3 rings (SSSR count). The molecule has 0 spiro atoms. The molecule has 0 radical (unpaired) electrons. The average molecular weight is 356 g/mol. The van der Waals surface area contributed by atoms with Crippen molar-refractivity contribution in [3.63, 3.8) is 0 Å². The fourth-order valence-corrected chi connectivity index (χ4v) is 4.43. The third kappa shape index (κ3) is 2.26. The van der Waals surface area contributed by atoms with Gasteiger partial charge in [-0.15, -0.1) is 22.7 Å². The molecule has 3 aromatic rings. The zero-order valence-electron chi connectivity index (χ0n) is 10.3. The number of hydrogen-bond acceptors (Lipinski definition) is 5. The van der Waals surface area contributed by atoms with Gasteiger partial charge in [-0.05, 0) is 40.7 Å². The molecule has 4 nitrogen and oxygen atoms in total. The Bertz CT molecular complexity index is 818. The van der Waals surface area contributed by atoms with Gasteiger partial charge >= 0.3 is 0 Å². The number of aromatic nitrogens is 3. The lowest BCUT2D eigenvalue weighted by Crippen LogP contribution is -2.20. The highest BCUT2D eigenvalue weighted by Gasteiger charge is 2.11. The zero-order valence-corrected chi connectivity index (χ0v) is 13.5. The van der Waals surface area contributed by atoms with Crippen molar-refractivity contribution < 1.29 is 0 Å². The van der Waals surface area contributed by atoms with Gasteiger partial charge in [0.05, 0.1) is 24.0 Å². The molecule has 0 aliphatic heterocycles. The zero-order chi connectivity index (χ0) is 13.6. The first-order chi connectivity index (χ1) is 9.06. The van der Waals surface area contributed by atoms with Crippen molar-refractivity contribution in [3.05, 3.63) is 42.1 Å². The summed E-state index contributed by atoms with van der Waals surface area (Å²) >= 11 is 6.42. The molecule has 0 N–H and O–H groups in total. The van der Waals surface area contributed by atoms with Crippen LogP contribution in [0.1, 0.15) is 16.1 Å². The van der Waals surface area contributed by atoms with Crippen molar-refractivity contribution in [1.29, 1.82) is 0 Å². The van der Waals surface area contributed by atoms with E-state index < -0.39 is 0 Å². The molecular weight excluding hydrogens is 346 g/mol. The highest BCUT2D eigenvalue weighted by atomic mass is 79.9. The number of halogens is 1. The van der Waals surface area contributed by atoms with Crippen LogP contribution in [-0.4, -0.2) is 14.5 Å². The molecule has 3 aromatic heterocycles. The standard InChI is InChI=1S/C12H10BrN3OS2/c1-6-4-18-10-9(6)11(17)16(5-14-10)3-8-7(2)15-12(13)19-8/h4-5H,3H2,1-2H3. The smallest absolute Gasteiger partial charge is 0.262 e. The van der Waals surface area contributed by atoms with Crippen LogP contribution >= 0.6 is 38.6 Å². The van der Waals surface area contributed by atoms with Crippen molar-refractivity contribution in [2.24, 2.45) is 0 Å². The first-order valence-electron chi connectivity index (χ1n) is 5.61. The fourth-order valence-electron chi connectivity index (χ4n) is 1.91. The molecule has 0 unspecified atom stereocenters. The van der Waals surface area contributed by atoms with Crippen LogP contribution in [-0.2, 0) is 6.54 Å². The Labute approximate surface area is 125 Å². The minimum atomic E-state index is 0.0210. The fraction of sp³-hybridized carbons (Fsp3) is 0.250. The second-order valence-corrected chi connectivity index (χ2v) is 7.47. The first kappa shape index (κ1) is 13.0. The Morgan fingerprint density at radius 1 is 1.42 bits per heavy atom. The Balaban J connectivity index is 2.11. The summed E-state index contributed by atoms with van der Waals surface area (Å²) in [7, 11) is 0. The number of nitrogens with zero attached hydrogens (tertiary/aromatic N) is 3. The minimum Gasteiger partial charge on any atom is -0.293 e. The van der Waals surface area contributed by atoms with Crippen molar-refractivity contribution in [2.75, 3.05) is 0 Å². The van der Waals surface area contributed by atoms with Crippen LogP contribution in [0.2, 0.25) is 0 Å². The number of aryl methyl sites for hydroxylation is 2. The van der Waals surface area contributed by atoms with Gasteiger partial charge in [-0.1, -0.05) is 0 Å². The second kappa shape index (κ2) is 4.81. The number of rotatable bonds is 2. The molecule has 0 amide bonds. The number of thiazole rings is 1. The highest BCUT2D eigenvalue weighted by Crippen LogP contribution is 2.24. The van der Waals surface area contributed by atoms with Gasteiger partial charge in [-0.3, -0.25) is 9.36 Å². The molecule has 0 saturated carbocycles. The summed E-state index contributed by atoms with van der Waals surface area (Å²) in [5.74, 6) is 0. The van der Waals surface area contributed by atoms with Gasteiger partial charge < -0.3 is 0 Å². The van der Waals surface area contributed by atoms with Crippen molar-refractivity contribution in [2.45, 2.75) is 20.4 Å². The van der Waals surface area contributed by atoms with Crippen LogP contribution in [0.3, 0.4) is 0 Å². The predicted molar refractivity (Wildman–Crippen MR) is 82.3 cm³/mol. The van der Waals surface area contributed by atoms with E-state index in [4.69, 9.17) is 0 Å². The molecule has 0 aromatic carbocycles. The van der Waals surface area contributed by atoms with E-state index in [1.54, 1.807) is 22.2 Å². The molecule has 0 saturated heterocycles. The molecule has 7 heteroatoms. The molecule has 0 bridgehead atoms. The van der Waals surface area contributed by atoms with Gasteiger partial charge in [0.1, 0.15) is 4.83 Å². The minimum absolute atomic E-state index is 0.0210. The molecule has 98 valence electrons. The van der Waals surface area contributed by atoms with Crippen LogP contribution in [0, 0.1) is 13.8 Å². The van der Waals surface area contributed by atoms with Gasteiger partial charge in [0.15, 0.2) is 3.92 Å². The number of hydrogen-bond donors (Lipinski definition) is 0. The van der Waals surface area contributed by atoms with E-state index in [2.05, 4.69) is 25.9 Å². The van der Waals surface area contributed by atoms with Crippen LogP contribution in [0.4, 0.5) is 0 Å². The summed E-state index contributed by atoms with van der Waals surface area (Å²) in [5.41, 5.74) is 1.97. The lowest BCUT2D eigenvalue weighted by molar-refractivity contribution is 0.753. The predicted octanol–water partition coefficient (Wildman–Crippen LogP) is 3.34. The molecule has 19 heavy (non-hydrogen) atoms. The van der Waals surface area contributed by atoms with Crippen molar-refractivity contribution >= 4 is 48.8 Å². The van der Waals surface area contributed by atoms with Crippen molar-refractivity contribution in [1.82, 2.24) is 14.5 Å². The van der Waals surface area contributed by atoms with E-state index in [-0.39, 0.29) is 5.56 Å². The largest absolute Gasteiger partial charge is 0.293 e. The molecule has 0 atom stereocenters. The molecular formula is C12H10BrN3OS2. The van der Waals surface area contributed by atoms with Gasteiger partial charge in [0.25, 0.3) is 5.56 Å². The van der Waals surface area contributed by atoms with Crippen LogP contribution in [0.15, 0.2) is 20.4 Å². The van der Waals surface area contributed by atoms with E-state index in [0.717, 1.165) is 30.3 Å². The highest BCUT2D eigenvalue weighted by molar-refractivity contribution is 9.11. The number of thiophene rings is 1. The van der Waals surface area contributed by atoms with Gasteiger partial charge in [0, 0.05) is 4.88 Å². The van der Waals surface area contributed by atoms with Crippen LogP contribution in [0.25, 0.3) is 10.2 Å². The second-order valence-electron chi connectivity index (χ2n) is 4.25. The SMILES string of the molecule is Cc1nc(Br)sc1Cn1cnc2scc(C)c2c1=O. The molecule has 0 aliphatic carbocycles. The Morgan fingerprint density at radius 2 is 2.21 bits per heavy atom. The summed E-state index contributed by atoms with van der Waals surface area (Å²) in [4.78, 5) is 23.0. The average Bonchev–Trinajstić information content (AvgIpc) is 2.87. The van der Waals surface area contributed by atoms with E-state index in [1.165, 1.54) is 11.3 Å². The van der Waals surface area contributed by atoms with E-state index in [9.17, 15) is 4.79 Å². The number of fused-ring (bicyclic) bond motifs is 1. The van der Waals surface area contributed by atoms with Crippen molar-refractivity contribution in [3.8, 4) is 0 Å². The summed E-state index contributed by atoms with van der Waals surface area (Å²) in [6.07, 6.45) is 1.62. The monoisotopic (exact) mass is 355 g/mol. The third-order valence-corrected chi connectivity index (χ3v) is 5.52. The van der Waals surface area contributed by atoms with Gasteiger partial charge in [-0.2, -0.15) is 0 Å². The normalized spacial score (nSPS) is 11.3. The molecule has 0 aliphatic rings. The van der Waals surface area contributed by atoms with Crippen LogP contribution in [0.5, 0.6) is 0 Å². The Morgan fingerprint density at radius 3 is 2.89 bits per heavy atom. The Hall–Kier alpha value is -1.05. The first-order valence-corrected chi connectivity index (χ1v) is 8.10. The lowest BCUT2D eigenvalue weighted by Gasteiger charge is -2.04. The Kier molecular flexibility index (Phi) is 3.28. The molecule has 0 fully saturated rings. The summed E-state index contributed by atoms with van der Waals surface area (Å²) in [6.45, 7) is 4.41. The lowest BCUT2D eigenvalue weighted by atomic mass is 10.3. The van der Waals surface area contributed by atoms with E-state index in [1.807, 2.05) is 19.2 Å².